The number of carbonyl (C=O) groups is 1. The van der Waals surface area contributed by atoms with E-state index in [4.69, 9.17) is 11.3 Å². The molecule has 0 aliphatic rings. The molecule has 0 aliphatic heterocycles. The summed E-state index contributed by atoms with van der Waals surface area (Å²) in [7, 11) is -3.84. The van der Waals surface area contributed by atoms with Crippen LogP contribution in [0, 0.1) is 0 Å². The molecule has 9 heteroatoms. The number of amides is 1. The number of rotatable bonds is 5. The third-order valence-electron chi connectivity index (χ3n) is 1.98. The van der Waals surface area contributed by atoms with Gasteiger partial charge in [-0.1, -0.05) is 0 Å². The molecule has 18 heavy (non-hydrogen) atoms. The van der Waals surface area contributed by atoms with Crippen molar-refractivity contribution in [2.75, 3.05) is 18.0 Å². The summed E-state index contributed by atoms with van der Waals surface area (Å²) in [6, 6.07) is 6.16. The van der Waals surface area contributed by atoms with Gasteiger partial charge in [0.1, 0.15) is 0 Å². The van der Waals surface area contributed by atoms with Crippen LogP contribution in [-0.2, 0) is 10.0 Å². The Balaban J connectivity index is 2.52. The van der Waals surface area contributed by atoms with Gasteiger partial charge in [-0.25, -0.2) is 8.42 Å². The van der Waals surface area contributed by atoms with E-state index in [1.165, 1.54) is 12.1 Å². The Labute approximate surface area is 103 Å². The molecule has 1 amide bonds. The first kappa shape index (κ1) is 13.8. The highest BCUT2D eigenvalue weighted by Gasteiger charge is 2.09. The molecule has 0 radical (unpaired) electrons. The Bertz CT molecular complexity index is 575. The lowest BCUT2D eigenvalue weighted by molar-refractivity contribution is 0.0956. The number of anilines is 1. The van der Waals surface area contributed by atoms with E-state index in [1.807, 2.05) is 0 Å². The summed E-state index contributed by atoms with van der Waals surface area (Å²) in [5, 5.41) is 2.39. The largest absolute Gasteiger partial charge is 0.399 e. The molecular weight excluding hydrogens is 258 g/mol. The fraction of sp³-hybridized carbons (Fsp3) is 0.222. The molecule has 0 fully saturated rings. The maximum Gasteiger partial charge on any atom is 0.251 e. The summed E-state index contributed by atoms with van der Waals surface area (Å²) in [4.78, 5) is 13.7. The second-order valence-electron chi connectivity index (χ2n) is 3.34. The minimum absolute atomic E-state index is 0.134. The van der Waals surface area contributed by atoms with Crippen LogP contribution >= 0.6 is 0 Å². The predicted octanol–water partition coefficient (Wildman–Crippen LogP) is 0.639. The molecule has 0 spiro atoms. The number of hydrogen-bond acceptors (Lipinski definition) is 4. The van der Waals surface area contributed by atoms with Crippen LogP contribution in [0.3, 0.4) is 0 Å². The molecular formula is C9H11N5O3S. The van der Waals surface area contributed by atoms with Crippen molar-refractivity contribution in [3.8, 4) is 0 Å². The first-order chi connectivity index (χ1) is 8.44. The van der Waals surface area contributed by atoms with E-state index in [0.29, 0.717) is 11.3 Å². The lowest BCUT2D eigenvalue weighted by Crippen LogP contribution is -2.28. The molecule has 1 rings (SSSR count). The molecule has 1 aromatic carbocycles. The summed E-state index contributed by atoms with van der Waals surface area (Å²) < 4.78 is 24.6. The molecule has 0 heterocycles. The molecule has 0 bridgehead atoms. The van der Waals surface area contributed by atoms with Gasteiger partial charge in [-0.3, -0.25) is 4.79 Å². The zero-order valence-electron chi connectivity index (χ0n) is 9.28. The van der Waals surface area contributed by atoms with E-state index in [0.717, 1.165) is 0 Å². The van der Waals surface area contributed by atoms with Gasteiger partial charge in [0, 0.05) is 27.2 Å². The normalized spacial score (nSPS) is 10.4. The van der Waals surface area contributed by atoms with Crippen molar-refractivity contribution in [2.45, 2.75) is 0 Å². The van der Waals surface area contributed by atoms with E-state index in [9.17, 15) is 13.2 Å². The molecule has 1 aromatic rings. The number of nitrogen functional groups attached to an aromatic ring is 1. The quantitative estimate of drug-likeness (QED) is 0.350. The van der Waals surface area contributed by atoms with Crippen molar-refractivity contribution >= 4 is 21.6 Å². The predicted molar refractivity (Wildman–Crippen MR) is 66.1 cm³/mol. The van der Waals surface area contributed by atoms with E-state index in [1.54, 1.807) is 12.1 Å². The molecule has 0 aliphatic carbocycles. The van der Waals surface area contributed by atoms with Gasteiger partial charge < -0.3 is 11.1 Å². The molecule has 0 saturated heterocycles. The van der Waals surface area contributed by atoms with Crippen LogP contribution in [0.25, 0.3) is 10.4 Å². The van der Waals surface area contributed by atoms with E-state index in [-0.39, 0.29) is 6.54 Å². The molecule has 3 N–H and O–H groups in total. The number of nitrogens with zero attached hydrogens (tertiary/aromatic N) is 3. The van der Waals surface area contributed by atoms with Crippen LogP contribution in [0.5, 0.6) is 0 Å². The topological polar surface area (TPSA) is 138 Å². The SMILES string of the molecule is [N-]=[N+]=NS(=O)(=O)CCNC(=O)c1ccc(N)cc1. The van der Waals surface area contributed by atoms with E-state index >= 15 is 0 Å². The lowest BCUT2D eigenvalue weighted by atomic mass is 10.2. The molecule has 0 unspecified atom stereocenters. The van der Waals surface area contributed by atoms with Crippen LogP contribution in [0.15, 0.2) is 28.8 Å². The van der Waals surface area contributed by atoms with Gasteiger partial charge in [-0.15, -0.1) is 0 Å². The number of azide groups is 1. The summed E-state index contributed by atoms with van der Waals surface area (Å²) in [6.07, 6.45) is 0. The van der Waals surface area contributed by atoms with Crippen molar-refractivity contribution in [3.63, 3.8) is 0 Å². The molecule has 0 saturated carbocycles. The second-order valence-corrected chi connectivity index (χ2v) is 5.07. The number of sulfonamides is 1. The van der Waals surface area contributed by atoms with Crippen molar-refractivity contribution < 1.29 is 13.2 Å². The van der Waals surface area contributed by atoms with Crippen LogP contribution < -0.4 is 11.1 Å². The fourth-order valence-corrected chi connectivity index (χ4v) is 1.68. The van der Waals surface area contributed by atoms with E-state index < -0.39 is 21.7 Å². The molecule has 0 atom stereocenters. The summed E-state index contributed by atoms with van der Waals surface area (Å²) in [5.41, 5.74) is 14.3. The van der Waals surface area contributed by atoms with Crippen molar-refractivity contribution in [1.29, 1.82) is 0 Å². The van der Waals surface area contributed by atoms with Crippen LogP contribution in [-0.4, -0.2) is 26.6 Å². The van der Waals surface area contributed by atoms with Gasteiger partial charge in [-0.05, 0) is 29.8 Å². The maximum atomic E-state index is 11.5. The number of carbonyl (C=O) groups excluding carboxylic acids is 1. The van der Waals surface area contributed by atoms with Crippen molar-refractivity contribution in [2.24, 2.45) is 4.52 Å². The number of benzene rings is 1. The average Bonchev–Trinajstić information content (AvgIpc) is 2.29. The first-order valence-corrected chi connectivity index (χ1v) is 6.48. The summed E-state index contributed by atoms with van der Waals surface area (Å²) in [6.45, 7) is -0.134. The minimum atomic E-state index is -3.84. The summed E-state index contributed by atoms with van der Waals surface area (Å²) >= 11 is 0. The lowest BCUT2D eigenvalue weighted by Gasteiger charge is -2.04. The highest BCUT2D eigenvalue weighted by molar-refractivity contribution is 7.90. The Kier molecular flexibility index (Phi) is 4.52. The van der Waals surface area contributed by atoms with Gasteiger partial charge in [0.15, 0.2) is 0 Å². The number of hydrogen-bond donors (Lipinski definition) is 2. The molecule has 8 nitrogen and oxygen atoms in total. The Morgan fingerprint density at radius 1 is 1.39 bits per heavy atom. The van der Waals surface area contributed by atoms with Crippen molar-refractivity contribution in [3.05, 3.63) is 40.3 Å². The highest BCUT2D eigenvalue weighted by atomic mass is 32.2. The summed E-state index contributed by atoms with van der Waals surface area (Å²) in [5.74, 6) is -0.872. The van der Waals surface area contributed by atoms with Crippen molar-refractivity contribution in [1.82, 2.24) is 5.32 Å². The number of nitrogens with two attached hydrogens (primary N) is 1. The Hall–Kier alpha value is -2.25. The van der Waals surface area contributed by atoms with E-state index in [2.05, 4.69) is 14.7 Å². The molecule has 96 valence electrons. The Morgan fingerprint density at radius 3 is 2.56 bits per heavy atom. The van der Waals surface area contributed by atoms with Crippen LogP contribution in [0.1, 0.15) is 10.4 Å². The van der Waals surface area contributed by atoms with Gasteiger partial charge in [0.2, 0.25) is 10.0 Å². The maximum absolute atomic E-state index is 11.5. The first-order valence-electron chi connectivity index (χ1n) is 4.87. The number of nitrogens with one attached hydrogen (secondary N) is 1. The average molecular weight is 269 g/mol. The van der Waals surface area contributed by atoms with Crippen LogP contribution in [0.2, 0.25) is 0 Å². The minimum Gasteiger partial charge on any atom is -0.399 e. The second kappa shape index (κ2) is 5.89. The zero-order chi connectivity index (χ0) is 13.6. The molecule has 0 aromatic heterocycles. The monoisotopic (exact) mass is 269 g/mol. The van der Waals surface area contributed by atoms with Crippen LogP contribution in [0.4, 0.5) is 5.69 Å². The third kappa shape index (κ3) is 4.32. The van der Waals surface area contributed by atoms with Gasteiger partial charge in [0.05, 0.1) is 5.75 Å². The highest BCUT2D eigenvalue weighted by Crippen LogP contribution is 2.04. The fourth-order valence-electron chi connectivity index (χ4n) is 1.13. The van der Waals surface area contributed by atoms with Gasteiger partial charge in [-0.2, -0.15) is 0 Å². The zero-order valence-corrected chi connectivity index (χ0v) is 10.1. The Morgan fingerprint density at radius 2 is 2.00 bits per heavy atom. The smallest absolute Gasteiger partial charge is 0.251 e. The van der Waals surface area contributed by atoms with Gasteiger partial charge in [0.25, 0.3) is 5.91 Å². The standard InChI is InChI=1S/C9H11N5O3S/c10-8-3-1-7(2-4-8)9(15)12-5-6-18(16,17)14-13-11/h1-4H,5-6,10H2,(H,12,15). The van der Waals surface area contributed by atoms with Gasteiger partial charge >= 0.3 is 0 Å². The third-order valence-corrected chi connectivity index (χ3v) is 3.02.